The molecule has 2 heterocycles. The molecule has 1 aliphatic rings. The number of nitrogens with one attached hydrogen (secondary N) is 2. The molecule has 1 saturated heterocycles. The molecule has 0 amide bonds. The van der Waals surface area contributed by atoms with E-state index in [4.69, 9.17) is 4.74 Å². The largest absolute Gasteiger partial charge is 0.380 e. The van der Waals surface area contributed by atoms with Crippen molar-refractivity contribution >= 4 is 15.8 Å². The monoisotopic (exact) mass is 299 g/mol. The standard InChI is InChI=1S/C13H21N3O3S/c1-2-7-14-13-12(6-3-8-15-13)20(17,18)16-11-5-4-9-19-10-11/h3,6,8,11,16H,2,4-5,7,9-10H2,1H3,(H,14,15). The zero-order chi connectivity index (χ0) is 14.4. The Kier molecular flexibility index (Phi) is 5.33. The van der Waals surface area contributed by atoms with Gasteiger partial charge in [0.1, 0.15) is 10.7 Å². The van der Waals surface area contributed by atoms with Gasteiger partial charge in [0.25, 0.3) is 0 Å². The van der Waals surface area contributed by atoms with Crippen molar-refractivity contribution in [1.29, 1.82) is 0 Å². The summed E-state index contributed by atoms with van der Waals surface area (Å²) in [5.74, 6) is 0.401. The first kappa shape index (κ1) is 15.2. The average molecular weight is 299 g/mol. The third-order valence-corrected chi connectivity index (χ3v) is 4.64. The Morgan fingerprint density at radius 1 is 1.50 bits per heavy atom. The maximum Gasteiger partial charge on any atom is 0.244 e. The van der Waals surface area contributed by atoms with Gasteiger partial charge in [0.2, 0.25) is 10.0 Å². The normalized spacial score (nSPS) is 19.8. The van der Waals surface area contributed by atoms with Gasteiger partial charge in [-0.25, -0.2) is 18.1 Å². The second-order valence-electron chi connectivity index (χ2n) is 4.81. The molecule has 2 rings (SSSR count). The molecule has 0 radical (unpaired) electrons. The fourth-order valence-corrected chi connectivity index (χ4v) is 3.49. The zero-order valence-electron chi connectivity index (χ0n) is 11.6. The number of rotatable bonds is 6. The van der Waals surface area contributed by atoms with Crippen LogP contribution in [-0.4, -0.2) is 39.2 Å². The van der Waals surface area contributed by atoms with Crippen LogP contribution in [0.1, 0.15) is 26.2 Å². The van der Waals surface area contributed by atoms with Gasteiger partial charge < -0.3 is 10.1 Å². The van der Waals surface area contributed by atoms with Gasteiger partial charge in [0.05, 0.1) is 6.61 Å². The molecular formula is C13H21N3O3S. The van der Waals surface area contributed by atoms with Gasteiger partial charge in [0.15, 0.2) is 0 Å². The molecule has 0 saturated carbocycles. The molecule has 0 aliphatic carbocycles. The van der Waals surface area contributed by atoms with Crippen LogP contribution in [0.2, 0.25) is 0 Å². The van der Waals surface area contributed by atoms with E-state index in [1.165, 1.54) is 0 Å². The SMILES string of the molecule is CCCNc1ncccc1S(=O)(=O)NC1CCCOC1. The van der Waals surface area contributed by atoms with E-state index in [2.05, 4.69) is 15.0 Å². The van der Waals surface area contributed by atoms with Crippen molar-refractivity contribution in [3.05, 3.63) is 18.3 Å². The van der Waals surface area contributed by atoms with Crippen molar-refractivity contribution in [3.63, 3.8) is 0 Å². The molecule has 1 unspecified atom stereocenters. The number of nitrogens with zero attached hydrogens (tertiary/aromatic N) is 1. The van der Waals surface area contributed by atoms with Crippen molar-refractivity contribution in [1.82, 2.24) is 9.71 Å². The lowest BCUT2D eigenvalue weighted by Crippen LogP contribution is -2.40. The minimum atomic E-state index is -3.58. The number of pyridine rings is 1. The summed E-state index contributed by atoms with van der Waals surface area (Å²) in [5.41, 5.74) is 0. The number of hydrogen-bond acceptors (Lipinski definition) is 5. The molecule has 7 heteroatoms. The summed E-state index contributed by atoms with van der Waals surface area (Å²) in [7, 11) is -3.58. The number of aromatic nitrogens is 1. The molecule has 1 aromatic rings. The summed E-state index contributed by atoms with van der Waals surface area (Å²) in [4.78, 5) is 4.31. The maximum atomic E-state index is 12.4. The van der Waals surface area contributed by atoms with Crippen LogP contribution in [0, 0.1) is 0 Å². The van der Waals surface area contributed by atoms with E-state index in [0.29, 0.717) is 25.6 Å². The van der Waals surface area contributed by atoms with Crippen molar-refractivity contribution in [2.75, 3.05) is 25.1 Å². The van der Waals surface area contributed by atoms with Crippen LogP contribution in [0.4, 0.5) is 5.82 Å². The molecule has 0 bridgehead atoms. The van der Waals surface area contributed by atoms with Crippen LogP contribution in [0.25, 0.3) is 0 Å². The van der Waals surface area contributed by atoms with E-state index in [0.717, 1.165) is 19.3 Å². The second kappa shape index (κ2) is 7.01. The number of hydrogen-bond donors (Lipinski definition) is 2. The van der Waals surface area contributed by atoms with E-state index in [9.17, 15) is 8.42 Å². The number of sulfonamides is 1. The van der Waals surface area contributed by atoms with Crippen molar-refractivity contribution < 1.29 is 13.2 Å². The van der Waals surface area contributed by atoms with Gasteiger partial charge in [0, 0.05) is 25.4 Å². The Morgan fingerprint density at radius 3 is 3.05 bits per heavy atom. The Morgan fingerprint density at radius 2 is 2.35 bits per heavy atom. The molecule has 0 spiro atoms. The van der Waals surface area contributed by atoms with Crippen LogP contribution in [0.15, 0.2) is 23.2 Å². The predicted molar refractivity (Wildman–Crippen MR) is 77.2 cm³/mol. The van der Waals surface area contributed by atoms with Crippen molar-refractivity contribution in [2.45, 2.75) is 37.1 Å². The summed E-state index contributed by atoms with van der Waals surface area (Å²) in [6, 6.07) is 3.04. The Labute approximate surface area is 120 Å². The van der Waals surface area contributed by atoms with Gasteiger partial charge in [-0.1, -0.05) is 6.92 Å². The van der Waals surface area contributed by atoms with Crippen LogP contribution < -0.4 is 10.0 Å². The van der Waals surface area contributed by atoms with Gasteiger partial charge in [-0.05, 0) is 31.4 Å². The first-order valence-electron chi connectivity index (χ1n) is 6.92. The van der Waals surface area contributed by atoms with Gasteiger partial charge in [-0.2, -0.15) is 0 Å². The average Bonchev–Trinajstić information content (AvgIpc) is 2.46. The van der Waals surface area contributed by atoms with Gasteiger partial charge in [-0.3, -0.25) is 0 Å². The molecule has 1 atom stereocenters. The zero-order valence-corrected chi connectivity index (χ0v) is 12.4. The van der Waals surface area contributed by atoms with Gasteiger partial charge >= 0.3 is 0 Å². The third-order valence-electron chi connectivity index (χ3n) is 3.08. The van der Waals surface area contributed by atoms with Crippen molar-refractivity contribution in [2.24, 2.45) is 0 Å². The van der Waals surface area contributed by atoms with Crippen molar-refractivity contribution in [3.8, 4) is 0 Å². The van der Waals surface area contributed by atoms with Crippen LogP contribution >= 0.6 is 0 Å². The summed E-state index contributed by atoms with van der Waals surface area (Å²) in [6.45, 7) is 3.83. The fourth-order valence-electron chi connectivity index (χ4n) is 2.10. The van der Waals surface area contributed by atoms with Gasteiger partial charge in [-0.15, -0.1) is 0 Å². The van der Waals surface area contributed by atoms with Crippen LogP contribution in [0.3, 0.4) is 0 Å². The number of ether oxygens (including phenoxy) is 1. The molecule has 6 nitrogen and oxygen atoms in total. The first-order valence-corrected chi connectivity index (χ1v) is 8.41. The smallest absolute Gasteiger partial charge is 0.244 e. The highest BCUT2D eigenvalue weighted by molar-refractivity contribution is 7.89. The van der Waals surface area contributed by atoms with E-state index in [1.54, 1.807) is 18.3 Å². The summed E-state index contributed by atoms with van der Waals surface area (Å²) in [6.07, 6.45) is 4.17. The predicted octanol–water partition coefficient (Wildman–Crippen LogP) is 1.36. The van der Waals surface area contributed by atoms with E-state index in [1.807, 2.05) is 6.92 Å². The van der Waals surface area contributed by atoms with Crippen LogP contribution in [-0.2, 0) is 14.8 Å². The molecule has 1 aliphatic heterocycles. The molecule has 2 N–H and O–H groups in total. The molecule has 112 valence electrons. The van der Waals surface area contributed by atoms with E-state index < -0.39 is 10.0 Å². The lowest BCUT2D eigenvalue weighted by Gasteiger charge is -2.23. The first-order chi connectivity index (χ1) is 9.63. The molecule has 0 aromatic carbocycles. The lowest BCUT2D eigenvalue weighted by molar-refractivity contribution is 0.0774. The summed E-state index contributed by atoms with van der Waals surface area (Å²) < 4.78 is 32.9. The Bertz CT molecular complexity index is 527. The quantitative estimate of drug-likeness (QED) is 0.829. The lowest BCUT2D eigenvalue weighted by atomic mass is 10.1. The molecule has 20 heavy (non-hydrogen) atoms. The second-order valence-corrected chi connectivity index (χ2v) is 6.49. The topological polar surface area (TPSA) is 80.3 Å². The van der Waals surface area contributed by atoms with E-state index >= 15 is 0 Å². The summed E-state index contributed by atoms with van der Waals surface area (Å²) >= 11 is 0. The number of anilines is 1. The third kappa shape index (κ3) is 3.91. The maximum absolute atomic E-state index is 12.4. The molecular weight excluding hydrogens is 278 g/mol. The Balaban J connectivity index is 2.15. The minimum absolute atomic E-state index is 0.159. The fraction of sp³-hybridized carbons (Fsp3) is 0.615. The molecule has 1 aromatic heterocycles. The highest BCUT2D eigenvalue weighted by Gasteiger charge is 2.24. The Hall–Kier alpha value is -1.18. The highest BCUT2D eigenvalue weighted by atomic mass is 32.2. The highest BCUT2D eigenvalue weighted by Crippen LogP contribution is 2.19. The summed E-state index contributed by atoms with van der Waals surface area (Å²) in [5, 5.41) is 3.04. The van der Waals surface area contributed by atoms with E-state index in [-0.39, 0.29) is 10.9 Å². The minimum Gasteiger partial charge on any atom is -0.380 e. The molecule has 1 fully saturated rings. The van der Waals surface area contributed by atoms with Crippen LogP contribution in [0.5, 0.6) is 0 Å².